The van der Waals surface area contributed by atoms with E-state index < -0.39 is 0 Å². The zero-order valence-corrected chi connectivity index (χ0v) is 15.0. The number of benzene rings is 1. The van der Waals surface area contributed by atoms with Crippen LogP contribution in [0.15, 0.2) is 24.3 Å². The van der Waals surface area contributed by atoms with Gasteiger partial charge in [0, 0.05) is 19.0 Å². The molecular weight excluding hydrogens is 304 g/mol. The van der Waals surface area contributed by atoms with Gasteiger partial charge in [-0.25, -0.2) is 0 Å². The van der Waals surface area contributed by atoms with Crippen molar-refractivity contribution in [3.63, 3.8) is 0 Å². The van der Waals surface area contributed by atoms with Crippen LogP contribution in [0.1, 0.15) is 40.5 Å². The van der Waals surface area contributed by atoms with Gasteiger partial charge in [0.25, 0.3) is 0 Å². The number of nitrogens with one attached hydrogen (secondary N) is 1. The van der Waals surface area contributed by atoms with E-state index >= 15 is 0 Å². The van der Waals surface area contributed by atoms with Crippen molar-refractivity contribution < 1.29 is 14.3 Å². The first-order chi connectivity index (χ1) is 11.4. The van der Waals surface area contributed by atoms with Crippen molar-refractivity contribution in [3.05, 3.63) is 24.3 Å². The van der Waals surface area contributed by atoms with Gasteiger partial charge < -0.3 is 15.0 Å². The van der Waals surface area contributed by atoms with E-state index in [4.69, 9.17) is 4.74 Å². The molecule has 2 rings (SSSR count). The quantitative estimate of drug-likeness (QED) is 0.869. The summed E-state index contributed by atoms with van der Waals surface area (Å²) < 4.78 is 5.56. The highest BCUT2D eigenvalue weighted by atomic mass is 16.5. The Bertz CT molecular complexity index is 586. The lowest BCUT2D eigenvalue weighted by Crippen LogP contribution is -2.51. The first-order valence-electron chi connectivity index (χ1n) is 8.76. The molecule has 0 aromatic heterocycles. The third-order valence-corrected chi connectivity index (χ3v) is 4.41. The molecule has 0 spiro atoms. The maximum absolute atomic E-state index is 12.8. The van der Waals surface area contributed by atoms with Crippen LogP contribution in [0.5, 0.6) is 5.75 Å². The number of ether oxygens (including phenoxy) is 1. The van der Waals surface area contributed by atoms with Gasteiger partial charge in [0.1, 0.15) is 5.75 Å². The average Bonchev–Trinajstić information content (AvgIpc) is 2.53. The van der Waals surface area contributed by atoms with Crippen LogP contribution in [0.25, 0.3) is 0 Å². The number of nitrogens with zero attached hydrogens (tertiary/aromatic N) is 1. The molecule has 1 saturated heterocycles. The number of carbonyl (C=O) groups is 2. The fraction of sp³-hybridized carbons (Fsp3) is 0.579. The summed E-state index contributed by atoms with van der Waals surface area (Å²) in [5, 5.41) is 2.98. The molecule has 0 radical (unpaired) electrons. The molecule has 1 aliphatic rings. The monoisotopic (exact) mass is 332 g/mol. The van der Waals surface area contributed by atoms with Crippen molar-refractivity contribution in [3.8, 4) is 5.75 Å². The summed E-state index contributed by atoms with van der Waals surface area (Å²) in [6, 6.07) is 7.35. The molecule has 0 aliphatic carbocycles. The van der Waals surface area contributed by atoms with E-state index in [2.05, 4.69) is 19.2 Å². The minimum absolute atomic E-state index is 0.0455. The van der Waals surface area contributed by atoms with Crippen LogP contribution in [0.2, 0.25) is 0 Å². The van der Waals surface area contributed by atoms with Crippen molar-refractivity contribution in [2.24, 2.45) is 11.8 Å². The number of carbonyl (C=O) groups excluding carboxylic acids is 2. The Morgan fingerprint density at radius 3 is 2.75 bits per heavy atom. The van der Waals surface area contributed by atoms with E-state index in [1.54, 1.807) is 0 Å². The molecule has 5 heteroatoms. The van der Waals surface area contributed by atoms with Crippen LogP contribution in [-0.2, 0) is 9.59 Å². The molecule has 1 fully saturated rings. The maximum atomic E-state index is 12.8. The summed E-state index contributed by atoms with van der Waals surface area (Å²) in [4.78, 5) is 26.8. The van der Waals surface area contributed by atoms with Crippen LogP contribution in [0, 0.1) is 11.8 Å². The Hall–Kier alpha value is -2.04. The van der Waals surface area contributed by atoms with Gasteiger partial charge in [-0.15, -0.1) is 0 Å². The second kappa shape index (κ2) is 8.18. The lowest BCUT2D eigenvalue weighted by atomic mass is 9.88. The highest BCUT2D eigenvalue weighted by Gasteiger charge is 2.37. The van der Waals surface area contributed by atoms with Crippen LogP contribution < -0.4 is 10.1 Å². The minimum atomic E-state index is -0.198. The van der Waals surface area contributed by atoms with Gasteiger partial charge in [-0.1, -0.05) is 26.0 Å². The summed E-state index contributed by atoms with van der Waals surface area (Å²) in [5.41, 5.74) is 0.684. The lowest BCUT2D eigenvalue weighted by Gasteiger charge is -2.39. The Morgan fingerprint density at radius 1 is 1.38 bits per heavy atom. The molecule has 1 N–H and O–H groups in total. The predicted octanol–water partition coefficient (Wildman–Crippen LogP) is 3.31. The topological polar surface area (TPSA) is 58.6 Å². The van der Waals surface area contributed by atoms with E-state index in [-0.39, 0.29) is 23.8 Å². The third kappa shape index (κ3) is 4.28. The van der Waals surface area contributed by atoms with Gasteiger partial charge in [-0.05, 0) is 38.3 Å². The zero-order valence-electron chi connectivity index (χ0n) is 15.0. The molecule has 2 atom stereocenters. The maximum Gasteiger partial charge on any atom is 0.229 e. The smallest absolute Gasteiger partial charge is 0.229 e. The van der Waals surface area contributed by atoms with Crippen LogP contribution in [0.4, 0.5) is 5.69 Å². The van der Waals surface area contributed by atoms with Gasteiger partial charge in [-0.2, -0.15) is 0 Å². The fourth-order valence-corrected chi connectivity index (χ4v) is 3.20. The number of para-hydroxylation sites is 2. The number of hydrogen-bond donors (Lipinski definition) is 1. The molecule has 2 amide bonds. The van der Waals surface area contributed by atoms with Crippen molar-refractivity contribution in [1.29, 1.82) is 0 Å². The third-order valence-electron chi connectivity index (χ3n) is 4.41. The SMILES string of the molecule is CCOc1ccccc1NC(=O)[C@@H]1CCC(=O)N(CC(C)C)[C@@H]1C. The van der Waals surface area contributed by atoms with E-state index in [9.17, 15) is 9.59 Å². The number of rotatable bonds is 6. The summed E-state index contributed by atoms with van der Waals surface area (Å²) in [5.74, 6) is 0.964. The Kier molecular flexibility index (Phi) is 6.23. The fourth-order valence-electron chi connectivity index (χ4n) is 3.20. The number of hydrogen-bond acceptors (Lipinski definition) is 3. The van der Waals surface area contributed by atoms with E-state index in [0.29, 0.717) is 43.3 Å². The van der Waals surface area contributed by atoms with E-state index in [1.165, 1.54) is 0 Å². The van der Waals surface area contributed by atoms with Gasteiger partial charge in [0.15, 0.2) is 0 Å². The molecule has 1 aromatic carbocycles. The van der Waals surface area contributed by atoms with Crippen molar-refractivity contribution in [1.82, 2.24) is 4.90 Å². The molecule has 1 aliphatic heterocycles. The molecule has 24 heavy (non-hydrogen) atoms. The van der Waals surface area contributed by atoms with Crippen molar-refractivity contribution in [2.45, 2.75) is 46.6 Å². The number of piperidine rings is 1. The molecule has 1 heterocycles. The highest BCUT2D eigenvalue weighted by Crippen LogP contribution is 2.29. The van der Waals surface area contributed by atoms with Gasteiger partial charge in [0.05, 0.1) is 18.2 Å². The molecule has 0 saturated carbocycles. The largest absolute Gasteiger partial charge is 0.492 e. The lowest BCUT2D eigenvalue weighted by molar-refractivity contribution is -0.141. The molecule has 0 unspecified atom stereocenters. The average molecular weight is 332 g/mol. The van der Waals surface area contributed by atoms with Crippen LogP contribution in [0.3, 0.4) is 0 Å². The number of anilines is 1. The summed E-state index contributed by atoms with van der Waals surface area (Å²) in [7, 11) is 0. The molecular formula is C19H28N2O3. The van der Waals surface area contributed by atoms with Crippen LogP contribution in [-0.4, -0.2) is 35.9 Å². The van der Waals surface area contributed by atoms with Gasteiger partial charge in [-0.3, -0.25) is 9.59 Å². The Balaban J connectivity index is 2.10. The second-order valence-corrected chi connectivity index (χ2v) is 6.74. The number of likely N-dealkylation sites (tertiary alicyclic amines) is 1. The molecule has 1 aromatic rings. The highest BCUT2D eigenvalue weighted by molar-refractivity contribution is 5.95. The number of amides is 2. The molecule has 132 valence electrons. The van der Waals surface area contributed by atoms with Gasteiger partial charge >= 0.3 is 0 Å². The summed E-state index contributed by atoms with van der Waals surface area (Å²) in [6.07, 6.45) is 1.03. The minimum Gasteiger partial charge on any atom is -0.492 e. The van der Waals surface area contributed by atoms with E-state index in [0.717, 1.165) is 0 Å². The first kappa shape index (κ1) is 18.3. The van der Waals surface area contributed by atoms with Crippen LogP contribution >= 0.6 is 0 Å². The standard InChI is InChI=1S/C19H28N2O3/c1-5-24-17-9-7-6-8-16(17)20-19(23)15-10-11-18(22)21(14(15)4)12-13(2)3/h6-9,13-15H,5,10-12H2,1-4H3,(H,20,23)/t14-,15-/m1/s1. The molecule has 0 bridgehead atoms. The zero-order chi connectivity index (χ0) is 17.7. The summed E-state index contributed by atoms with van der Waals surface area (Å²) >= 11 is 0. The summed E-state index contributed by atoms with van der Waals surface area (Å²) in [6.45, 7) is 9.29. The first-order valence-corrected chi connectivity index (χ1v) is 8.76. The second-order valence-electron chi connectivity index (χ2n) is 6.74. The predicted molar refractivity (Wildman–Crippen MR) is 95.0 cm³/mol. The van der Waals surface area contributed by atoms with Crippen molar-refractivity contribution in [2.75, 3.05) is 18.5 Å². The van der Waals surface area contributed by atoms with Gasteiger partial charge in [0.2, 0.25) is 11.8 Å². The molecule has 5 nitrogen and oxygen atoms in total. The Labute approximate surface area is 144 Å². The van der Waals surface area contributed by atoms with E-state index in [1.807, 2.05) is 43.0 Å². The normalized spacial score (nSPS) is 21.0. The Morgan fingerprint density at radius 2 is 2.08 bits per heavy atom. The van der Waals surface area contributed by atoms with Crippen molar-refractivity contribution >= 4 is 17.5 Å².